The SMILES string of the molecule is Cn1cnnc1-c1ccccc1NC1CCCNCC1. The molecule has 1 aliphatic rings. The fourth-order valence-corrected chi connectivity index (χ4v) is 2.71. The lowest BCUT2D eigenvalue weighted by atomic mass is 10.1. The molecular weight excluding hydrogens is 250 g/mol. The number of nitrogens with zero attached hydrogens (tertiary/aromatic N) is 3. The van der Waals surface area contributed by atoms with Gasteiger partial charge < -0.3 is 15.2 Å². The van der Waals surface area contributed by atoms with Crippen molar-refractivity contribution in [3.05, 3.63) is 30.6 Å². The molecule has 0 saturated carbocycles. The first-order valence-electron chi connectivity index (χ1n) is 7.25. The van der Waals surface area contributed by atoms with Crippen LogP contribution in [0.1, 0.15) is 19.3 Å². The number of hydrogen-bond acceptors (Lipinski definition) is 4. The summed E-state index contributed by atoms with van der Waals surface area (Å²) in [5.41, 5.74) is 2.26. The molecule has 106 valence electrons. The topological polar surface area (TPSA) is 54.8 Å². The Labute approximate surface area is 119 Å². The predicted octanol–water partition coefficient (Wildman–Crippen LogP) is 2.04. The maximum Gasteiger partial charge on any atom is 0.165 e. The lowest BCUT2D eigenvalue weighted by Crippen LogP contribution is -2.21. The number of hydrogen-bond donors (Lipinski definition) is 2. The van der Waals surface area contributed by atoms with Gasteiger partial charge in [0, 0.05) is 24.3 Å². The third-order valence-corrected chi connectivity index (χ3v) is 3.81. The minimum absolute atomic E-state index is 0.527. The highest BCUT2D eigenvalue weighted by atomic mass is 15.2. The van der Waals surface area contributed by atoms with Crippen LogP contribution < -0.4 is 10.6 Å². The second-order valence-electron chi connectivity index (χ2n) is 5.33. The summed E-state index contributed by atoms with van der Waals surface area (Å²) in [5.74, 6) is 0.903. The molecule has 1 saturated heterocycles. The average Bonchev–Trinajstić information content (AvgIpc) is 2.73. The summed E-state index contributed by atoms with van der Waals surface area (Å²) < 4.78 is 1.95. The van der Waals surface area contributed by atoms with Gasteiger partial charge in [-0.25, -0.2) is 0 Å². The van der Waals surface area contributed by atoms with Crippen molar-refractivity contribution < 1.29 is 0 Å². The van der Waals surface area contributed by atoms with Crippen LogP contribution in [0.3, 0.4) is 0 Å². The highest BCUT2D eigenvalue weighted by Crippen LogP contribution is 2.27. The fraction of sp³-hybridized carbons (Fsp3) is 0.467. The molecule has 2 N–H and O–H groups in total. The van der Waals surface area contributed by atoms with Gasteiger partial charge in [0.15, 0.2) is 5.82 Å². The van der Waals surface area contributed by atoms with Gasteiger partial charge in [-0.3, -0.25) is 0 Å². The molecule has 5 nitrogen and oxygen atoms in total. The quantitative estimate of drug-likeness (QED) is 0.897. The van der Waals surface area contributed by atoms with E-state index in [1.165, 1.54) is 12.8 Å². The van der Waals surface area contributed by atoms with Crippen LogP contribution in [-0.2, 0) is 7.05 Å². The summed E-state index contributed by atoms with van der Waals surface area (Å²) in [7, 11) is 1.97. The van der Waals surface area contributed by atoms with Gasteiger partial charge in [-0.1, -0.05) is 12.1 Å². The molecule has 0 bridgehead atoms. The van der Waals surface area contributed by atoms with E-state index in [0.29, 0.717) is 6.04 Å². The molecular formula is C15H21N5. The maximum atomic E-state index is 4.22. The number of nitrogens with one attached hydrogen (secondary N) is 2. The molecule has 1 aromatic carbocycles. The molecule has 1 fully saturated rings. The van der Waals surface area contributed by atoms with Gasteiger partial charge >= 0.3 is 0 Å². The monoisotopic (exact) mass is 271 g/mol. The van der Waals surface area contributed by atoms with E-state index in [2.05, 4.69) is 39.0 Å². The summed E-state index contributed by atoms with van der Waals surface area (Å²) in [6, 6.07) is 8.87. The number of anilines is 1. The lowest BCUT2D eigenvalue weighted by molar-refractivity contribution is 0.637. The lowest BCUT2D eigenvalue weighted by Gasteiger charge is -2.19. The molecule has 0 spiro atoms. The van der Waals surface area contributed by atoms with Crippen molar-refractivity contribution in [3.63, 3.8) is 0 Å². The van der Waals surface area contributed by atoms with E-state index < -0.39 is 0 Å². The van der Waals surface area contributed by atoms with Crippen LogP contribution in [0.5, 0.6) is 0 Å². The van der Waals surface area contributed by atoms with Crippen LogP contribution in [0, 0.1) is 0 Å². The Bertz CT molecular complexity index is 555. The first-order chi connectivity index (χ1) is 9.84. The van der Waals surface area contributed by atoms with Crippen LogP contribution in [-0.4, -0.2) is 33.9 Å². The molecule has 20 heavy (non-hydrogen) atoms. The number of benzene rings is 1. The molecule has 0 amide bonds. The molecule has 1 aromatic heterocycles. The fourth-order valence-electron chi connectivity index (χ4n) is 2.71. The molecule has 2 heterocycles. The number of aromatic nitrogens is 3. The zero-order valence-corrected chi connectivity index (χ0v) is 11.8. The van der Waals surface area contributed by atoms with Gasteiger partial charge in [0.1, 0.15) is 6.33 Å². The predicted molar refractivity (Wildman–Crippen MR) is 80.6 cm³/mol. The average molecular weight is 271 g/mol. The van der Waals surface area contributed by atoms with Crippen LogP contribution in [0.2, 0.25) is 0 Å². The standard InChI is InChI=1S/C15H21N5/c1-20-11-17-19-15(20)13-6-2-3-7-14(13)18-12-5-4-9-16-10-8-12/h2-3,6-7,11-12,16,18H,4-5,8-10H2,1H3. The van der Waals surface area contributed by atoms with Crippen LogP contribution >= 0.6 is 0 Å². The van der Waals surface area contributed by atoms with Crippen molar-refractivity contribution >= 4 is 5.69 Å². The third kappa shape index (κ3) is 2.82. The molecule has 1 atom stereocenters. The Morgan fingerprint density at radius 1 is 1.25 bits per heavy atom. The summed E-state index contributed by atoms with van der Waals surface area (Å²) in [4.78, 5) is 0. The van der Waals surface area contributed by atoms with Crippen LogP contribution in [0.4, 0.5) is 5.69 Å². The second kappa shape index (κ2) is 6.05. The first kappa shape index (κ1) is 13.1. The Kier molecular flexibility index (Phi) is 3.97. The molecule has 1 aliphatic heterocycles. The summed E-state index contributed by atoms with van der Waals surface area (Å²) in [5, 5.41) is 15.3. The summed E-state index contributed by atoms with van der Waals surface area (Å²) >= 11 is 0. The second-order valence-corrected chi connectivity index (χ2v) is 5.33. The van der Waals surface area contributed by atoms with Crippen molar-refractivity contribution in [3.8, 4) is 11.4 Å². The van der Waals surface area contributed by atoms with Crippen molar-refractivity contribution in [1.82, 2.24) is 20.1 Å². The van der Waals surface area contributed by atoms with Crippen molar-refractivity contribution in [2.24, 2.45) is 7.05 Å². The van der Waals surface area contributed by atoms with Crippen LogP contribution in [0.15, 0.2) is 30.6 Å². The number of rotatable bonds is 3. The van der Waals surface area contributed by atoms with Gasteiger partial charge in [-0.15, -0.1) is 10.2 Å². The molecule has 0 radical (unpaired) electrons. The highest BCUT2D eigenvalue weighted by Gasteiger charge is 2.15. The maximum absolute atomic E-state index is 4.22. The minimum atomic E-state index is 0.527. The van der Waals surface area contributed by atoms with Gasteiger partial charge in [0.25, 0.3) is 0 Å². The van der Waals surface area contributed by atoms with Crippen LogP contribution in [0.25, 0.3) is 11.4 Å². The zero-order valence-electron chi connectivity index (χ0n) is 11.8. The smallest absolute Gasteiger partial charge is 0.165 e. The number of aryl methyl sites for hydroxylation is 1. The largest absolute Gasteiger partial charge is 0.382 e. The van der Waals surface area contributed by atoms with Crippen molar-refractivity contribution in [1.29, 1.82) is 0 Å². The Morgan fingerprint density at radius 2 is 2.15 bits per heavy atom. The molecule has 1 unspecified atom stereocenters. The highest BCUT2D eigenvalue weighted by molar-refractivity contribution is 5.73. The van der Waals surface area contributed by atoms with E-state index in [9.17, 15) is 0 Å². The van der Waals surface area contributed by atoms with E-state index in [-0.39, 0.29) is 0 Å². The molecule has 3 rings (SSSR count). The Hall–Kier alpha value is -1.88. The normalized spacial score (nSPS) is 19.6. The minimum Gasteiger partial charge on any atom is -0.382 e. The third-order valence-electron chi connectivity index (χ3n) is 3.81. The Morgan fingerprint density at radius 3 is 3.00 bits per heavy atom. The van der Waals surface area contributed by atoms with Gasteiger partial charge in [-0.2, -0.15) is 0 Å². The summed E-state index contributed by atoms with van der Waals surface area (Å²) in [6.45, 7) is 2.22. The summed E-state index contributed by atoms with van der Waals surface area (Å²) in [6.07, 6.45) is 5.33. The number of para-hydroxylation sites is 1. The molecule has 0 aliphatic carbocycles. The van der Waals surface area contributed by atoms with Gasteiger partial charge in [0.2, 0.25) is 0 Å². The zero-order chi connectivity index (χ0) is 13.8. The molecule has 2 aromatic rings. The van der Waals surface area contributed by atoms with E-state index in [1.807, 2.05) is 17.7 Å². The van der Waals surface area contributed by atoms with Gasteiger partial charge in [-0.05, 0) is 44.5 Å². The van der Waals surface area contributed by atoms with E-state index in [4.69, 9.17) is 0 Å². The first-order valence-corrected chi connectivity index (χ1v) is 7.25. The van der Waals surface area contributed by atoms with E-state index in [1.54, 1.807) is 6.33 Å². The van der Waals surface area contributed by atoms with Gasteiger partial charge in [0.05, 0.1) is 0 Å². The van der Waals surface area contributed by atoms with Crippen molar-refractivity contribution in [2.45, 2.75) is 25.3 Å². The Balaban J connectivity index is 1.84. The van der Waals surface area contributed by atoms with E-state index in [0.717, 1.165) is 36.6 Å². The molecule has 5 heteroatoms. The van der Waals surface area contributed by atoms with Crippen molar-refractivity contribution in [2.75, 3.05) is 18.4 Å². The van der Waals surface area contributed by atoms with E-state index >= 15 is 0 Å².